The van der Waals surface area contributed by atoms with Gasteiger partial charge in [-0.05, 0) is 84.0 Å². The summed E-state index contributed by atoms with van der Waals surface area (Å²) in [5.74, 6) is 1.05. The van der Waals surface area contributed by atoms with Gasteiger partial charge in [0.25, 0.3) is 0 Å². The molecule has 6 rings (SSSR count). The molecule has 1 heterocycles. The molecule has 1 unspecified atom stereocenters. The number of hydrogen-bond donors (Lipinski definition) is 0. The molecule has 0 aliphatic heterocycles. The summed E-state index contributed by atoms with van der Waals surface area (Å²) in [6.45, 7) is 1.36. The van der Waals surface area contributed by atoms with Crippen molar-refractivity contribution in [1.82, 2.24) is 9.78 Å². The van der Waals surface area contributed by atoms with E-state index in [1.165, 1.54) is 12.1 Å². The number of rotatable bonds is 10. The largest absolute Gasteiger partial charge is 0.497 e. The average molecular weight is 576 g/mol. The zero-order chi connectivity index (χ0) is 29.6. The number of nitrogens with zero attached hydrogens (tertiary/aromatic N) is 3. The number of halogens is 1. The molecular formula is C36H34FN3O3. The van der Waals surface area contributed by atoms with E-state index >= 15 is 0 Å². The van der Waals surface area contributed by atoms with Crippen LogP contribution in [-0.2, 0) is 30.9 Å². The van der Waals surface area contributed by atoms with Crippen molar-refractivity contribution in [3.8, 4) is 11.5 Å². The number of aromatic nitrogens is 2. The van der Waals surface area contributed by atoms with Crippen molar-refractivity contribution < 1.29 is 18.7 Å². The first-order chi connectivity index (χ1) is 21.1. The second-order valence-electron chi connectivity index (χ2n) is 10.8. The zero-order valence-corrected chi connectivity index (χ0v) is 24.2. The van der Waals surface area contributed by atoms with E-state index < -0.39 is 0 Å². The zero-order valence-electron chi connectivity index (χ0n) is 24.2. The van der Waals surface area contributed by atoms with E-state index in [1.54, 1.807) is 25.4 Å². The first-order valence-electron chi connectivity index (χ1n) is 14.6. The lowest BCUT2D eigenvalue weighted by atomic mass is 9.81. The highest BCUT2D eigenvalue weighted by atomic mass is 19.1. The van der Waals surface area contributed by atoms with Crippen LogP contribution in [0.25, 0.3) is 0 Å². The van der Waals surface area contributed by atoms with Crippen LogP contribution in [0.15, 0.2) is 109 Å². The molecule has 0 fully saturated rings. The van der Waals surface area contributed by atoms with Crippen LogP contribution in [0.5, 0.6) is 11.5 Å². The molecule has 1 aliphatic carbocycles. The first-order valence-corrected chi connectivity index (χ1v) is 14.6. The van der Waals surface area contributed by atoms with Crippen LogP contribution in [0.3, 0.4) is 0 Å². The smallest absolute Gasteiger partial charge is 0.234 e. The lowest BCUT2D eigenvalue weighted by Crippen LogP contribution is -2.36. The lowest BCUT2D eigenvalue weighted by molar-refractivity contribution is -0.120. The Morgan fingerprint density at radius 2 is 1.72 bits per heavy atom. The van der Waals surface area contributed by atoms with Crippen molar-refractivity contribution in [2.24, 2.45) is 0 Å². The molecule has 0 saturated carbocycles. The van der Waals surface area contributed by atoms with Gasteiger partial charge in [0.15, 0.2) is 0 Å². The van der Waals surface area contributed by atoms with Gasteiger partial charge in [-0.15, -0.1) is 0 Å². The summed E-state index contributed by atoms with van der Waals surface area (Å²) in [5.41, 5.74) is 5.90. The van der Waals surface area contributed by atoms with Gasteiger partial charge < -0.3 is 14.4 Å². The predicted octanol–water partition coefficient (Wildman–Crippen LogP) is 7.31. The molecular weight excluding hydrogens is 541 g/mol. The molecule has 1 amide bonds. The Balaban J connectivity index is 1.26. The number of anilines is 1. The van der Waals surface area contributed by atoms with E-state index in [2.05, 4.69) is 23.3 Å². The van der Waals surface area contributed by atoms with Gasteiger partial charge >= 0.3 is 0 Å². The summed E-state index contributed by atoms with van der Waals surface area (Å²) in [6, 6.07) is 30.2. The van der Waals surface area contributed by atoms with Crippen molar-refractivity contribution in [3.05, 3.63) is 143 Å². The summed E-state index contributed by atoms with van der Waals surface area (Å²) >= 11 is 0. The fraction of sp³-hybridized carbons (Fsp3) is 0.222. The fourth-order valence-electron chi connectivity index (χ4n) is 5.72. The van der Waals surface area contributed by atoms with Crippen LogP contribution in [0, 0.1) is 5.82 Å². The maximum Gasteiger partial charge on any atom is 0.234 e. The monoisotopic (exact) mass is 575 g/mol. The summed E-state index contributed by atoms with van der Waals surface area (Å²) in [7, 11) is 1.63. The molecule has 0 spiro atoms. The molecule has 0 N–H and O–H groups in total. The molecule has 1 aromatic heterocycles. The van der Waals surface area contributed by atoms with Crippen LogP contribution in [0.4, 0.5) is 10.1 Å². The Hall–Kier alpha value is -4.91. The summed E-state index contributed by atoms with van der Waals surface area (Å²) in [6.07, 6.45) is 6.28. The molecule has 43 heavy (non-hydrogen) atoms. The fourth-order valence-corrected chi connectivity index (χ4v) is 5.72. The van der Waals surface area contributed by atoms with Crippen LogP contribution in [0.1, 0.15) is 46.6 Å². The lowest BCUT2D eigenvalue weighted by Gasteiger charge is -2.31. The number of ether oxygens (including phenoxy) is 2. The van der Waals surface area contributed by atoms with Gasteiger partial charge in [0.1, 0.15) is 23.9 Å². The summed E-state index contributed by atoms with van der Waals surface area (Å²) in [4.78, 5) is 16.3. The van der Waals surface area contributed by atoms with Crippen LogP contribution in [0.2, 0.25) is 0 Å². The van der Waals surface area contributed by atoms with Gasteiger partial charge in [-0.3, -0.25) is 9.48 Å². The Labute approximate surface area is 251 Å². The highest BCUT2D eigenvalue weighted by Gasteiger charge is 2.32. The third-order valence-corrected chi connectivity index (χ3v) is 7.93. The normalized spacial score (nSPS) is 14.1. The molecule has 0 radical (unpaired) electrons. The van der Waals surface area contributed by atoms with Crippen LogP contribution < -0.4 is 14.4 Å². The Bertz CT molecular complexity index is 1670. The molecule has 0 bridgehead atoms. The first kappa shape index (κ1) is 28.2. The Morgan fingerprint density at radius 3 is 2.49 bits per heavy atom. The molecule has 218 valence electrons. The second kappa shape index (κ2) is 12.9. The maximum atomic E-state index is 14.4. The summed E-state index contributed by atoms with van der Waals surface area (Å²) < 4.78 is 26.8. The van der Waals surface area contributed by atoms with Gasteiger partial charge in [-0.1, -0.05) is 54.6 Å². The average Bonchev–Trinajstić information content (AvgIpc) is 3.50. The third kappa shape index (κ3) is 6.61. The van der Waals surface area contributed by atoms with Crippen molar-refractivity contribution in [1.29, 1.82) is 0 Å². The van der Waals surface area contributed by atoms with Gasteiger partial charge in [0.05, 0.1) is 32.3 Å². The third-order valence-electron chi connectivity index (χ3n) is 7.93. The molecule has 1 atom stereocenters. The quantitative estimate of drug-likeness (QED) is 0.175. The van der Waals surface area contributed by atoms with E-state index in [1.807, 2.05) is 70.4 Å². The molecule has 6 nitrogen and oxygen atoms in total. The minimum absolute atomic E-state index is 0.0395. The van der Waals surface area contributed by atoms with Crippen LogP contribution >= 0.6 is 0 Å². The molecule has 4 aromatic carbocycles. The van der Waals surface area contributed by atoms with Gasteiger partial charge in [0.2, 0.25) is 5.91 Å². The van der Waals surface area contributed by atoms with E-state index in [4.69, 9.17) is 9.47 Å². The SMILES string of the molecule is COc1ccc(N(Cc2cnn(Cc3ccc(F)cc3)c2)C(=O)C2CCCc3c(OCc4ccccc4)cccc32)cc1. The topological polar surface area (TPSA) is 56.6 Å². The molecule has 0 saturated heterocycles. The number of methoxy groups -OCH3 is 1. The maximum absolute atomic E-state index is 14.4. The molecule has 7 heteroatoms. The molecule has 5 aromatic rings. The van der Waals surface area contributed by atoms with Gasteiger partial charge in [-0.25, -0.2) is 4.39 Å². The predicted molar refractivity (Wildman–Crippen MR) is 165 cm³/mol. The second-order valence-corrected chi connectivity index (χ2v) is 10.8. The van der Waals surface area contributed by atoms with Crippen molar-refractivity contribution in [2.45, 2.75) is 44.9 Å². The molecule has 1 aliphatic rings. The summed E-state index contributed by atoms with van der Waals surface area (Å²) in [5, 5.41) is 4.52. The van der Waals surface area contributed by atoms with Gasteiger partial charge in [-0.2, -0.15) is 5.10 Å². The minimum Gasteiger partial charge on any atom is -0.497 e. The Kier molecular flexibility index (Phi) is 8.50. The number of carbonyl (C=O) groups is 1. The standard InChI is InChI=1S/C36H34FN3O3/c1-42-31-19-17-30(18-20-31)40(24-28-21-38-39(23-28)22-26-13-15-29(37)16-14-26)36(41)34-11-5-10-33-32(34)9-6-12-35(33)43-25-27-7-3-2-4-8-27/h2-4,6-9,12-21,23,34H,5,10-11,22,24-25H2,1H3. The number of fused-ring (bicyclic) bond motifs is 1. The highest BCUT2D eigenvalue weighted by molar-refractivity contribution is 5.98. The Morgan fingerprint density at radius 1 is 0.930 bits per heavy atom. The van der Waals surface area contributed by atoms with Crippen LogP contribution in [-0.4, -0.2) is 22.8 Å². The van der Waals surface area contributed by atoms with E-state index in [-0.39, 0.29) is 17.6 Å². The number of benzene rings is 4. The number of hydrogen-bond acceptors (Lipinski definition) is 4. The van der Waals surface area contributed by atoms with Crippen molar-refractivity contribution >= 4 is 11.6 Å². The number of carbonyl (C=O) groups excluding carboxylic acids is 1. The van der Waals surface area contributed by atoms with Gasteiger partial charge in [0, 0.05) is 17.4 Å². The van der Waals surface area contributed by atoms with Crippen molar-refractivity contribution in [3.63, 3.8) is 0 Å². The van der Waals surface area contributed by atoms with E-state index in [0.29, 0.717) is 19.7 Å². The van der Waals surface area contributed by atoms with E-state index in [0.717, 1.165) is 64.3 Å². The van der Waals surface area contributed by atoms with Crippen molar-refractivity contribution in [2.75, 3.05) is 12.0 Å². The highest BCUT2D eigenvalue weighted by Crippen LogP contribution is 2.39. The minimum atomic E-state index is -0.291. The van der Waals surface area contributed by atoms with E-state index in [9.17, 15) is 9.18 Å². The number of amides is 1.